The number of rotatable bonds is 7. The largest absolute Gasteiger partial charge is 0.379 e. The molecule has 0 radical (unpaired) electrons. The lowest BCUT2D eigenvalue weighted by Gasteiger charge is -2.34. The zero-order valence-corrected chi connectivity index (χ0v) is 18.9. The summed E-state index contributed by atoms with van der Waals surface area (Å²) in [6, 6.07) is 8.76. The first kappa shape index (κ1) is 22.8. The van der Waals surface area contributed by atoms with Crippen LogP contribution in [0.2, 0.25) is 0 Å². The third kappa shape index (κ3) is 4.84. The number of benzene rings is 1. The van der Waals surface area contributed by atoms with Gasteiger partial charge in [-0.05, 0) is 35.9 Å². The summed E-state index contributed by atoms with van der Waals surface area (Å²) in [5, 5.41) is 0. The van der Waals surface area contributed by atoms with E-state index in [1.807, 2.05) is 12.1 Å². The second-order valence-electron chi connectivity index (χ2n) is 7.52. The number of carbonyl (C=O) groups is 1. The number of sulfonamides is 2. The molecule has 0 saturated carbocycles. The molecule has 2 aliphatic heterocycles. The third-order valence-corrected chi connectivity index (χ3v) is 8.61. The van der Waals surface area contributed by atoms with Gasteiger partial charge in [-0.15, -0.1) is 0 Å². The molecule has 2 aromatic rings. The quantitative estimate of drug-likeness (QED) is 0.607. The molecular formula is C20H24N4O6S2. The third-order valence-electron chi connectivity index (χ3n) is 5.48. The van der Waals surface area contributed by atoms with Crippen molar-refractivity contribution in [3.8, 4) is 0 Å². The van der Waals surface area contributed by atoms with Crippen molar-refractivity contribution < 1.29 is 26.4 Å². The molecule has 172 valence electrons. The molecule has 0 aliphatic carbocycles. The molecule has 0 spiro atoms. The van der Waals surface area contributed by atoms with Gasteiger partial charge in [-0.2, -0.15) is 0 Å². The fourth-order valence-electron chi connectivity index (χ4n) is 3.82. The topological polar surface area (TPSA) is 126 Å². The SMILES string of the molecule is O=C1CCS(=O)(=O)N1c1ccc(S(=O)(=O)NCC(c2cccnc2)N2CCOCC2)cc1. The van der Waals surface area contributed by atoms with E-state index in [9.17, 15) is 21.6 Å². The molecule has 2 fully saturated rings. The summed E-state index contributed by atoms with van der Waals surface area (Å²) in [7, 11) is -7.57. The van der Waals surface area contributed by atoms with Crippen molar-refractivity contribution in [1.82, 2.24) is 14.6 Å². The molecule has 10 nitrogen and oxygen atoms in total. The Labute approximate surface area is 187 Å². The molecule has 4 rings (SSSR count). The molecule has 32 heavy (non-hydrogen) atoms. The van der Waals surface area contributed by atoms with Crippen molar-refractivity contribution in [3.63, 3.8) is 0 Å². The number of anilines is 1. The van der Waals surface area contributed by atoms with Crippen LogP contribution >= 0.6 is 0 Å². The van der Waals surface area contributed by atoms with Crippen LogP contribution in [0.5, 0.6) is 0 Å². The maximum absolute atomic E-state index is 12.9. The summed E-state index contributed by atoms with van der Waals surface area (Å²) in [4.78, 5) is 18.2. The number of hydrogen-bond acceptors (Lipinski definition) is 8. The summed E-state index contributed by atoms with van der Waals surface area (Å²) < 4.78 is 58.7. The van der Waals surface area contributed by atoms with E-state index in [0.29, 0.717) is 26.3 Å². The highest BCUT2D eigenvalue weighted by Crippen LogP contribution is 2.27. The first-order valence-electron chi connectivity index (χ1n) is 10.2. The van der Waals surface area contributed by atoms with Crippen LogP contribution in [0, 0.1) is 0 Å². The van der Waals surface area contributed by atoms with Crippen LogP contribution in [0.3, 0.4) is 0 Å². The minimum atomic E-state index is -3.87. The summed E-state index contributed by atoms with van der Waals surface area (Å²) in [5.74, 6) is -0.770. The predicted octanol–water partition coefficient (Wildman–Crippen LogP) is 0.500. The second kappa shape index (κ2) is 9.24. The molecule has 2 aliphatic rings. The molecule has 12 heteroatoms. The summed E-state index contributed by atoms with van der Waals surface area (Å²) >= 11 is 0. The molecule has 3 heterocycles. The molecule has 1 amide bonds. The zero-order chi connectivity index (χ0) is 22.8. The highest BCUT2D eigenvalue weighted by Gasteiger charge is 2.36. The number of pyridine rings is 1. The highest BCUT2D eigenvalue weighted by molar-refractivity contribution is 7.94. The van der Waals surface area contributed by atoms with Crippen LogP contribution in [0.4, 0.5) is 5.69 Å². The fraction of sp³-hybridized carbons (Fsp3) is 0.400. The minimum absolute atomic E-state index is 0.0165. The van der Waals surface area contributed by atoms with Gasteiger partial charge in [-0.1, -0.05) is 6.07 Å². The molecule has 1 aromatic carbocycles. The van der Waals surface area contributed by atoms with Crippen LogP contribution in [-0.2, 0) is 29.6 Å². The Hall–Kier alpha value is -2.38. The Morgan fingerprint density at radius 2 is 1.84 bits per heavy atom. The van der Waals surface area contributed by atoms with Gasteiger partial charge in [0.05, 0.1) is 35.6 Å². The maximum Gasteiger partial charge on any atom is 0.242 e. The van der Waals surface area contributed by atoms with Crippen LogP contribution < -0.4 is 9.03 Å². The van der Waals surface area contributed by atoms with E-state index in [1.54, 1.807) is 12.4 Å². The van der Waals surface area contributed by atoms with E-state index in [1.165, 1.54) is 24.3 Å². The van der Waals surface area contributed by atoms with Crippen LogP contribution in [-0.4, -0.2) is 71.2 Å². The number of nitrogens with one attached hydrogen (secondary N) is 1. The van der Waals surface area contributed by atoms with Crippen molar-refractivity contribution in [2.75, 3.05) is 42.9 Å². The van der Waals surface area contributed by atoms with E-state index >= 15 is 0 Å². The van der Waals surface area contributed by atoms with Gasteiger partial charge in [-0.3, -0.25) is 14.7 Å². The minimum Gasteiger partial charge on any atom is -0.379 e. The number of aromatic nitrogens is 1. The fourth-order valence-corrected chi connectivity index (χ4v) is 6.32. The normalized spacial score (nSPS) is 20.4. The monoisotopic (exact) mass is 480 g/mol. The maximum atomic E-state index is 12.9. The average Bonchev–Trinajstić information content (AvgIpc) is 3.07. The van der Waals surface area contributed by atoms with Gasteiger partial charge in [0.1, 0.15) is 0 Å². The summed E-state index contributed by atoms with van der Waals surface area (Å²) in [6.07, 6.45) is 3.30. The van der Waals surface area contributed by atoms with Crippen molar-refractivity contribution in [1.29, 1.82) is 0 Å². The van der Waals surface area contributed by atoms with Gasteiger partial charge < -0.3 is 4.74 Å². The first-order valence-corrected chi connectivity index (χ1v) is 13.2. The van der Waals surface area contributed by atoms with Gasteiger partial charge in [0.15, 0.2) is 0 Å². The van der Waals surface area contributed by atoms with E-state index in [4.69, 9.17) is 4.74 Å². The lowest BCUT2D eigenvalue weighted by atomic mass is 10.1. The van der Waals surface area contributed by atoms with E-state index < -0.39 is 26.0 Å². The van der Waals surface area contributed by atoms with Crippen LogP contribution in [0.1, 0.15) is 18.0 Å². The van der Waals surface area contributed by atoms with Gasteiger partial charge in [0, 0.05) is 38.4 Å². The summed E-state index contributed by atoms with van der Waals surface area (Å²) in [6.45, 7) is 2.63. The molecule has 1 unspecified atom stereocenters. The van der Waals surface area contributed by atoms with Crippen molar-refractivity contribution in [2.24, 2.45) is 0 Å². The van der Waals surface area contributed by atoms with Crippen molar-refractivity contribution >= 4 is 31.6 Å². The van der Waals surface area contributed by atoms with Gasteiger partial charge >= 0.3 is 0 Å². The smallest absolute Gasteiger partial charge is 0.242 e. The number of nitrogens with zero attached hydrogens (tertiary/aromatic N) is 3. The second-order valence-corrected chi connectivity index (χ2v) is 11.2. The molecule has 0 bridgehead atoms. The van der Waals surface area contributed by atoms with Crippen molar-refractivity contribution in [3.05, 3.63) is 54.4 Å². The van der Waals surface area contributed by atoms with E-state index in [-0.39, 0.29) is 35.3 Å². The Morgan fingerprint density at radius 1 is 1.12 bits per heavy atom. The predicted molar refractivity (Wildman–Crippen MR) is 117 cm³/mol. The van der Waals surface area contributed by atoms with Crippen LogP contribution in [0.15, 0.2) is 53.7 Å². The Bertz CT molecular complexity index is 1160. The molecule has 1 aromatic heterocycles. The average molecular weight is 481 g/mol. The van der Waals surface area contributed by atoms with E-state index in [0.717, 1.165) is 9.87 Å². The molecule has 2 saturated heterocycles. The molecule has 1 atom stereocenters. The summed E-state index contributed by atoms with van der Waals surface area (Å²) in [5.41, 5.74) is 1.03. The Morgan fingerprint density at radius 3 is 2.44 bits per heavy atom. The Kier molecular flexibility index (Phi) is 6.58. The van der Waals surface area contributed by atoms with Gasteiger partial charge in [-0.25, -0.2) is 25.9 Å². The number of amides is 1. The number of morpholine rings is 1. The van der Waals surface area contributed by atoms with Crippen LogP contribution in [0.25, 0.3) is 0 Å². The van der Waals surface area contributed by atoms with Crippen molar-refractivity contribution in [2.45, 2.75) is 17.4 Å². The lowest BCUT2D eigenvalue weighted by molar-refractivity contribution is -0.116. The lowest BCUT2D eigenvalue weighted by Crippen LogP contribution is -2.43. The molecule has 1 N–H and O–H groups in total. The number of carbonyl (C=O) groups excluding carboxylic acids is 1. The highest BCUT2D eigenvalue weighted by atomic mass is 32.2. The van der Waals surface area contributed by atoms with E-state index in [2.05, 4.69) is 14.6 Å². The van der Waals surface area contributed by atoms with Gasteiger partial charge in [0.2, 0.25) is 26.0 Å². The molecular weight excluding hydrogens is 456 g/mol. The first-order chi connectivity index (χ1) is 15.3. The van der Waals surface area contributed by atoms with Gasteiger partial charge in [0.25, 0.3) is 0 Å². The standard InChI is InChI=1S/C20H24N4O6S2/c25-20-7-13-31(26,27)24(20)17-3-5-18(6-4-17)32(28,29)22-15-19(16-2-1-8-21-14-16)23-9-11-30-12-10-23/h1-6,8,14,19,22H,7,9-13,15H2. The zero-order valence-electron chi connectivity index (χ0n) is 17.3. The Balaban J connectivity index is 1.51. The number of hydrogen-bond donors (Lipinski definition) is 1. The number of ether oxygens (including phenoxy) is 1.